The van der Waals surface area contributed by atoms with Crippen LogP contribution in [0.15, 0.2) is 16.6 Å². The second-order valence-corrected chi connectivity index (χ2v) is 5.70. The first-order valence-corrected chi connectivity index (χ1v) is 6.97. The van der Waals surface area contributed by atoms with Crippen molar-refractivity contribution in [3.8, 4) is 0 Å². The van der Waals surface area contributed by atoms with Gasteiger partial charge < -0.3 is 15.0 Å². The van der Waals surface area contributed by atoms with E-state index in [0.29, 0.717) is 17.0 Å². The smallest absolute Gasteiger partial charge is 0.194 e. The molecule has 2 saturated heterocycles. The van der Waals surface area contributed by atoms with Gasteiger partial charge in [0.15, 0.2) is 5.96 Å². The fourth-order valence-corrected chi connectivity index (χ4v) is 2.73. The van der Waals surface area contributed by atoms with Crippen LogP contribution in [0.2, 0.25) is 0 Å². The van der Waals surface area contributed by atoms with E-state index in [-0.39, 0.29) is 0 Å². The maximum Gasteiger partial charge on any atom is 0.194 e. The highest BCUT2D eigenvalue weighted by Gasteiger charge is 2.42. The van der Waals surface area contributed by atoms with Crippen LogP contribution in [-0.4, -0.2) is 50.3 Å². The van der Waals surface area contributed by atoms with Crippen LogP contribution in [0, 0.1) is 5.41 Å². The molecule has 0 aromatic carbocycles. The van der Waals surface area contributed by atoms with Crippen LogP contribution in [0.5, 0.6) is 0 Å². The Morgan fingerprint density at radius 2 is 2.39 bits per heavy atom. The Morgan fingerprint density at radius 3 is 3.00 bits per heavy atom. The molecule has 0 aliphatic carbocycles. The zero-order valence-corrected chi connectivity index (χ0v) is 11.8. The number of rotatable bonds is 3. The molecule has 2 aliphatic rings. The molecule has 1 unspecified atom stereocenters. The third-order valence-corrected chi connectivity index (χ3v) is 3.78. The molecular weight excluding hydrogens is 250 g/mol. The van der Waals surface area contributed by atoms with Gasteiger partial charge in [0.1, 0.15) is 0 Å². The van der Waals surface area contributed by atoms with E-state index in [0.717, 1.165) is 38.8 Å². The molecule has 4 nitrogen and oxygen atoms in total. The summed E-state index contributed by atoms with van der Waals surface area (Å²) in [6.07, 6.45) is 2.37. The molecule has 0 saturated carbocycles. The quantitative estimate of drug-likeness (QED) is 0.628. The third kappa shape index (κ3) is 3.18. The zero-order valence-electron chi connectivity index (χ0n) is 11.0. The molecule has 2 fully saturated rings. The van der Waals surface area contributed by atoms with Crippen LogP contribution in [0.1, 0.15) is 19.8 Å². The number of hydrogen-bond donors (Lipinski definition) is 1. The Bertz CT molecular complexity index is 337. The van der Waals surface area contributed by atoms with Gasteiger partial charge in [0.25, 0.3) is 0 Å². The van der Waals surface area contributed by atoms with E-state index in [4.69, 9.17) is 16.3 Å². The zero-order chi connectivity index (χ0) is 13.0. The number of guanidine groups is 1. The highest BCUT2D eigenvalue weighted by Crippen LogP contribution is 2.38. The normalized spacial score (nSPS) is 28.1. The third-order valence-electron chi connectivity index (χ3n) is 3.66. The number of likely N-dealkylation sites (tertiary alicyclic amines) is 1. The largest absolute Gasteiger partial charge is 0.381 e. The van der Waals surface area contributed by atoms with E-state index in [2.05, 4.69) is 28.7 Å². The van der Waals surface area contributed by atoms with Gasteiger partial charge in [0, 0.05) is 36.7 Å². The maximum atomic E-state index is 5.78. The molecular formula is C13H22ClN3O. The van der Waals surface area contributed by atoms with Gasteiger partial charge in [0.2, 0.25) is 0 Å². The average molecular weight is 272 g/mol. The summed E-state index contributed by atoms with van der Waals surface area (Å²) in [5, 5.41) is 3.89. The van der Waals surface area contributed by atoms with Gasteiger partial charge in [-0.3, -0.25) is 0 Å². The lowest BCUT2D eigenvalue weighted by molar-refractivity contribution is 0.156. The molecule has 0 amide bonds. The van der Waals surface area contributed by atoms with Crippen LogP contribution < -0.4 is 5.32 Å². The monoisotopic (exact) mass is 271 g/mol. The minimum absolute atomic E-state index is 0.355. The van der Waals surface area contributed by atoms with Crippen LogP contribution in [-0.2, 0) is 4.74 Å². The van der Waals surface area contributed by atoms with Crippen LogP contribution in [0.3, 0.4) is 0 Å². The van der Waals surface area contributed by atoms with Crippen molar-refractivity contribution in [2.75, 3.05) is 39.4 Å². The summed E-state index contributed by atoms with van der Waals surface area (Å²) in [5.41, 5.74) is 0.355. The standard InChI is InChI=1S/C13H22ClN3O/c1-3-15-12(16-8-11(2)14)17-6-4-13(9-17)5-7-18-10-13/h2-10H2,1H3,(H,15,16). The number of aliphatic imine (C=N–C) groups is 1. The van der Waals surface area contributed by atoms with Gasteiger partial charge >= 0.3 is 0 Å². The van der Waals surface area contributed by atoms with Gasteiger partial charge in [0.05, 0.1) is 13.2 Å². The minimum atomic E-state index is 0.355. The molecule has 0 aromatic heterocycles. The molecule has 0 radical (unpaired) electrons. The van der Waals surface area contributed by atoms with Gasteiger partial charge in [-0.25, -0.2) is 4.99 Å². The molecule has 1 N–H and O–H groups in total. The number of halogens is 1. The molecule has 0 bridgehead atoms. The average Bonchev–Trinajstić information content (AvgIpc) is 2.96. The van der Waals surface area contributed by atoms with Crippen molar-refractivity contribution < 1.29 is 4.74 Å². The van der Waals surface area contributed by atoms with Crippen molar-refractivity contribution in [2.24, 2.45) is 10.4 Å². The summed E-state index contributed by atoms with van der Waals surface area (Å²) in [7, 11) is 0. The Kier molecular flexibility index (Phi) is 4.51. The van der Waals surface area contributed by atoms with E-state index in [1.165, 1.54) is 12.8 Å². The summed E-state index contributed by atoms with van der Waals surface area (Å²) < 4.78 is 5.55. The molecule has 2 heterocycles. The van der Waals surface area contributed by atoms with Gasteiger partial charge in [-0.05, 0) is 19.8 Å². The summed E-state index contributed by atoms with van der Waals surface area (Å²) in [6, 6.07) is 0. The molecule has 2 aliphatic heterocycles. The molecule has 1 spiro atoms. The molecule has 2 rings (SSSR count). The molecule has 1 atom stereocenters. The first-order chi connectivity index (χ1) is 8.65. The fourth-order valence-electron chi connectivity index (χ4n) is 2.67. The molecule has 0 aromatic rings. The molecule has 102 valence electrons. The second kappa shape index (κ2) is 5.93. The van der Waals surface area contributed by atoms with Gasteiger partial charge in [-0.2, -0.15) is 0 Å². The summed E-state index contributed by atoms with van der Waals surface area (Å²) in [4.78, 5) is 6.83. The lowest BCUT2D eigenvalue weighted by atomic mass is 9.87. The van der Waals surface area contributed by atoms with Crippen molar-refractivity contribution in [1.82, 2.24) is 10.2 Å². The van der Waals surface area contributed by atoms with Crippen molar-refractivity contribution in [3.05, 3.63) is 11.6 Å². The first kappa shape index (κ1) is 13.7. The maximum absolute atomic E-state index is 5.78. The lowest BCUT2D eigenvalue weighted by Crippen LogP contribution is -2.41. The van der Waals surface area contributed by atoms with E-state index in [9.17, 15) is 0 Å². The van der Waals surface area contributed by atoms with Crippen LogP contribution in [0.25, 0.3) is 0 Å². The van der Waals surface area contributed by atoms with Crippen molar-refractivity contribution in [1.29, 1.82) is 0 Å². The van der Waals surface area contributed by atoms with Gasteiger partial charge in [-0.1, -0.05) is 18.2 Å². The SMILES string of the molecule is C=C(Cl)CN=C(NCC)N1CCC2(CCOC2)C1. The summed E-state index contributed by atoms with van der Waals surface area (Å²) in [5.74, 6) is 0.947. The predicted molar refractivity (Wildman–Crippen MR) is 75.0 cm³/mol. The highest BCUT2D eigenvalue weighted by atomic mass is 35.5. The molecule has 18 heavy (non-hydrogen) atoms. The highest BCUT2D eigenvalue weighted by molar-refractivity contribution is 6.29. The van der Waals surface area contributed by atoms with Crippen LogP contribution in [0.4, 0.5) is 0 Å². The van der Waals surface area contributed by atoms with E-state index < -0.39 is 0 Å². The topological polar surface area (TPSA) is 36.9 Å². The van der Waals surface area contributed by atoms with E-state index in [1.807, 2.05) is 0 Å². The minimum Gasteiger partial charge on any atom is -0.381 e. The predicted octanol–water partition coefficient (Wildman–Crippen LogP) is 1.82. The van der Waals surface area contributed by atoms with Crippen LogP contribution >= 0.6 is 11.6 Å². The Labute approximate surface area is 114 Å². The lowest BCUT2D eigenvalue weighted by Gasteiger charge is -2.24. The Hall–Kier alpha value is -0.740. The number of nitrogens with one attached hydrogen (secondary N) is 1. The van der Waals surface area contributed by atoms with Gasteiger partial charge in [-0.15, -0.1) is 0 Å². The molecule has 5 heteroatoms. The number of ether oxygens (including phenoxy) is 1. The second-order valence-electron chi connectivity index (χ2n) is 5.16. The summed E-state index contributed by atoms with van der Waals surface area (Å²) >= 11 is 5.78. The number of hydrogen-bond acceptors (Lipinski definition) is 2. The van der Waals surface area contributed by atoms with E-state index >= 15 is 0 Å². The van der Waals surface area contributed by atoms with Crippen molar-refractivity contribution >= 4 is 17.6 Å². The number of nitrogens with zero attached hydrogens (tertiary/aromatic N) is 2. The van der Waals surface area contributed by atoms with Crippen molar-refractivity contribution in [2.45, 2.75) is 19.8 Å². The van der Waals surface area contributed by atoms with E-state index in [1.54, 1.807) is 0 Å². The first-order valence-electron chi connectivity index (χ1n) is 6.59. The fraction of sp³-hybridized carbons (Fsp3) is 0.769. The summed E-state index contributed by atoms with van der Waals surface area (Å²) in [6.45, 7) is 11.0. The Morgan fingerprint density at radius 1 is 1.56 bits per heavy atom. The Balaban J connectivity index is 1.99. The van der Waals surface area contributed by atoms with Crippen molar-refractivity contribution in [3.63, 3.8) is 0 Å².